The minimum atomic E-state index is -0.721. The average Bonchev–Trinajstić information content (AvgIpc) is 3.54. The lowest BCUT2D eigenvalue weighted by Crippen LogP contribution is -2.34. The number of para-hydroxylation sites is 1. The first-order valence-corrected chi connectivity index (χ1v) is 12.6. The van der Waals surface area contributed by atoms with Crippen LogP contribution in [0.5, 0.6) is 0 Å². The number of aromatic nitrogens is 1. The van der Waals surface area contributed by atoms with Crippen LogP contribution in [-0.4, -0.2) is 17.6 Å². The number of esters is 1. The summed E-state index contributed by atoms with van der Waals surface area (Å²) < 4.78 is 14.6. The van der Waals surface area contributed by atoms with E-state index in [1.54, 1.807) is 0 Å². The van der Waals surface area contributed by atoms with Crippen LogP contribution in [0.3, 0.4) is 0 Å². The molecular weight excluding hydrogens is 458 g/mol. The van der Waals surface area contributed by atoms with Gasteiger partial charge in [0.05, 0.1) is 12.7 Å². The molecule has 6 rings (SSSR count). The first-order valence-electron chi connectivity index (χ1n) is 12.6. The first kappa shape index (κ1) is 23.3. The number of rotatable bonds is 5. The van der Waals surface area contributed by atoms with E-state index in [0.29, 0.717) is 5.56 Å². The van der Waals surface area contributed by atoms with Gasteiger partial charge in [-0.05, 0) is 47.7 Å². The van der Waals surface area contributed by atoms with Crippen molar-refractivity contribution in [3.63, 3.8) is 0 Å². The largest absolute Gasteiger partial charge is 0.465 e. The van der Waals surface area contributed by atoms with E-state index in [2.05, 4.69) is 90.6 Å². The van der Waals surface area contributed by atoms with E-state index in [9.17, 15) is 4.79 Å². The number of methoxy groups -OCH3 is 1. The first-order chi connectivity index (χ1) is 18.1. The minimum Gasteiger partial charge on any atom is -0.465 e. The van der Waals surface area contributed by atoms with Crippen molar-refractivity contribution in [3.05, 3.63) is 143 Å². The molecule has 37 heavy (non-hydrogen) atoms. The van der Waals surface area contributed by atoms with Crippen molar-refractivity contribution in [2.24, 2.45) is 7.05 Å². The third-order valence-electron chi connectivity index (χ3n) is 7.76. The van der Waals surface area contributed by atoms with Crippen LogP contribution in [0.15, 0.2) is 115 Å². The summed E-state index contributed by atoms with van der Waals surface area (Å²) in [6.45, 7) is 0. The Bertz CT molecular complexity index is 1510. The molecule has 1 aliphatic rings. The number of benzene rings is 4. The maximum Gasteiger partial charge on any atom is 0.337 e. The molecule has 0 aliphatic carbocycles. The van der Waals surface area contributed by atoms with Crippen molar-refractivity contribution in [1.82, 2.24) is 4.57 Å². The zero-order valence-electron chi connectivity index (χ0n) is 21.1. The Labute approximate surface area is 217 Å². The Kier molecular flexibility index (Phi) is 5.69. The molecule has 1 aliphatic heterocycles. The number of aryl methyl sites for hydroxylation is 1. The molecule has 0 bridgehead atoms. The Morgan fingerprint density at radius 3 is 1.89 bits per heavy atom. The topological polar surface area (TPSA) is 40.5 Å². The van der Waals surface area contributed by atoms with Gasteiger partial charge in [-0.15, -0.1) is 0 Å². The van der Waals surface area contributed by atoms with E-state index < -0.39 is 11.2 Å². The van der Waals surface area contributed by atoms with Crippen LogP contribution < -0.4 is 0 Å². The van der Waals surface area contributed by atoms with Crippen LogP contribution in [0.4, 0.5) is 0 Å². The molecule has 1 unspecified atom stereocenters. The molecule has 0 spiro atoms. The predicted molar refractivity (Wildman–Crippen MR) is 145 cm³/mol. The van der Waals surface area contributed by atoms with Gasteiger partial charge in [0.15, 0.2) is 0 Å². The molecule has 4 nitrogen and oxygen atoms in total. The van der Waals surface area contributed by atoms with Gasteiger partial charge < -0.3 is 14.0 Å². The van der Waals surface area contributed by atoms with Gasteiger partial charge in [0.2, 0.25) is 0 Å². The lowest BCUT2D eigenvalue weighted by atomic mass is 9.81. The highest BCUT2D eigenvalue weighted by Crippen LogP contribution is 2.56. The fourth-order valence-corrected chi connectivity index (χ4v) is 5.94. The third-order valence-corrected chi connectivity index (χ3v) is 7.76. The average molecular weight is 488 g/mol. The number of ether oxygens (including phenoxy) is 2. The van der Waals surface area contributed by atoms with Gasteiger partial charge >= 0.3 is 5.97 Å². The minimum absolute atomic E-state index is 0.346. The zero-order valence-corrected chi connectivity index (χ0v) is 21.1. The smallest absolute Gasteiger partial charge is 0.337 e. The van der Waals surface area contributed by atoms with Gasteiger partial charge in [-0.25, -0.2) is 4.79 Å². The van der Waals surface area contributed by atoms with Crippen LogP contribution in [0.1, 0.15) is 45.5 Å². The van der Waals surface area contributed by atoms with Crippen LogP contribution in [-0.2, 0) is 27.7 Å². The summed E-state index contributed by atoms with van der Waals surface area (Å²) in [5.41, 5.74) is 4.75. The molecule has 0 saturated carbocycles. The lowest BCUT2D eigenvalue weighted by Gasteiger charge is -2.37. The van der Waals surface area contributed by atoms with Gasteiger partial charge in [0.1, 0.15) is 11.2 Å². The van der Waals surface area contributed by atoms with E-state index in [-0.39, 0.29) is 5.97 Å². The summed E-state index contributed by atoms with van der Waals surface area (Å²) in [5, 5.41) is 1.17. The van der Waals surface area contributed by atoms with Crippen LogP contribution in [0.2, 0.25) is 0 Å². The van der Waals surface area contributed by atoms with Crippen LogP contribution in [0.25, 0.3) is 10.9 Å². The zero-order chi connectivity index (χ0) is 25.5. The highest BCUT2D eigenvalue weighted by molar-refractivity contribution is 5.89. The van der Waals surface area contributed by atoms with Crippen molar-refractivity contribution in [3.8, 4) is 0 Å². The Morgan fingerprint density at radius 2 is 1.27 bits per heavy atom. The predicted octanol–water partition coefficient (Wildman–Crippen LogP) is 6.96. The Morgan fingerprint density at radius 1 is 0.730 bits per heavy atom. The summed E-state index contributed by atoms with van der Waals surface area (Å²) in [7, 11) is 3.48. The maximum atomic E-state index is 12.2. The number of hydrogen-bond donors (Lipinski definition) is 0. The maximum absolute atomic E-state index is 12.2. The molecule has 0 amide bonds. The van der Waals surface area contributed by atoms with E-state index in [0.717, 1.165) is 40.6 Å². The summed E-state index contributed by atoms with van der Waals surface area (Å²) >= 11 is 0. The van der Waals surface area contributed by atoms with E-state index >= 15 is 0 Å². The van der Waals surface area contributed by atoms with Crippen molar-refractivity contribution >= 4 is 16.9 Å². The number of carbonyl (C=O) groups is 1. The quantitative estimate of drug-likeness (QED) is 0.252. The van der Waals surface area contributed by atoms with Gasteiger partial charge in [0, 0.05) is 29.7 Å². The van der Waals surface area contributed by atoms with Gasteiger partial charge in [-0.2, -0.15) is 0 Å². The second-order valence-corrected chi connectivity index (χ2v) is 9.73. The molecule has 4 heteroatoms. The van der Waals surface area contributed by atoms with Gasteiger partial charge in [0.25, 0.3) is 0 Å². The van der Waals surface area contributed by atoms with E-state index in [1.807, 2.05) is 36.4 Å². The second kappa shape index (κ2) is 9.06. The van der Waals surface area contributed by atoms with Crippen LogP contribution in [0, 0.1) is 0 Å². The summed E-state index contributed by atoms with van der Waals surface area (Å²) in [6, 6.07) is 37.2. The molecular formula is C33H29NO3. The van der Waals surface area contributed by atoms with Crippen molar-refractivity contribution in [2.45, 2.75) is 24.0 Å². The highest BCUT2D eigenvalue weighted by atomic mass is 16.5. The van der Waals surface area contributed by atoms with E-state index in [4.69, 9.17) is 9.47 Å². The molecule has 2 heterocycles. The van der Waals surface area contributed by atoms with Gasteiger partial charge in [-0.1, -0.05) is 91.0 Å². The molecule has 1 fully saturated rings. The monoisotopic (exact) mass is 487 g/mol. The summed E-state index contributed by atoms with van der Waals surface area (Å²) in [5.74, 6) is -0.346. The molecule has 184 valence electrons. The molecule has 5 aromatic rings. The normalized spacial score (nSPS) is 18.6. The second-order valence-electron chi connectivity index (χ2n) is 9.73. The van der Waals surface area contributed by atoms with E-state index in [1.165, 1.54) is 12.5 Å². The van der Waals surface area contributed by atoms with Crippen molar-refractivity contribution in [2.75, 3.05) is 7.11 Å². The molecule has 0 radical (unpaired) electrons. The standard InChI is InChI=1S/C33H29NO3/c1-34-23-29(28-15-9-10-16-30(28)34)33(27-19-17-24(18-20-27)31(35)36-2)22-21-32(37-33,25-11-5-3-6-12-25)26-13-7-4-8-14-26/h3-20,23H,21-22H2,1-2H3. The lowest BCUT2D eigenvalue weighted by molar-refractivity contribution is -0.0674. The molecule has 1 saturated heterocycles. The number of carbonyl (C=O) groups excluding carboxylic acids is 1. The number of fused-ring (bicyclic) bond motifs is 1. The van der Waals surface area contributed by atoms with Crippen molar-refractivity contribution in [1.29, 1.82) is 0 Å². The van der Waals surface area contributed by atoms with Crippen LogP contribution >= 0.6 is 0 Å². The van der Waals surface area contributed by atoms with Gasteiger partial charge in [-0.3, -0.25) is 0 Å². The number of hydrogen-bond acceptors (Lipinski definition) is 3. The summed E-state index contributed by atoms with van der Waals surface area (Å²) in [6.07, 6.45) is 3.79. The Hall–Kier alpha value is -4.15. The fraction of sp³-hybridized carbons (Fsp3) is 0.182. The van der Waals surface area contributed by atoms with Crippen molar-refractivity contribution < 1.29 is 14.3 Å². The SMILES string of the molecule is COC(=O)c1ccc(C2(c3cn(C)c4ccccc34)CCC(c3ccccc3)(c3ccccc3)O2)cc1. The molecule has 0 N–H and O–H groups in total. The Balaban J connectivity index is 1.60. The highest BCUT2D eigenvalue weighted by Gasteiger charge is 2.53. The molecule has 4 aromatic carbocycles. The molecule has 1 atom stereocenters. The summed E-state index contributed by atoms with van der Waals surface area (Å²) in [4.78, 5) is 12.2. The number of nitrogens with zero attached hydrogens (tertiary/aromatic N) is 1. The fourth-order valence-electron chi connectivity index (χ4n) is 5.94. The third kappa shape index (κ3) is 3.68. The molecule has 1 aromatic heterocycles.